The molecule has 2 aromatic rings. The minimum Gasteiger partial charge on any atom is -0.365 e. The van der Waals surface area contributed by atoms with Gasteiger partial charge in [-0.1, -0.05) is 53.5 Å². The summed E-state index contributed by atoms with van der Waals surface area (Å²) in [5.41, 5.74) is 1.55. The van der Waals surface area contributed by atoms with Crippen molar-refractivity contribution in [3.8, 4) is 0 Å². The van der Waals surface area contributed by atoms with Gasteiger partial charge in [0, 0.05) is 5.69 Å². The number of anilines is 1. The number of amides is 2. The number of rotatable bonds is 4. The average molecular weight is 367 g/mol. The molecule has 0 aliphatic carbocycles. The van der Waals surface area contributed by atoms with Crippen molar-refractivity contribution in [2.45, 2.75) is 11.9 Å². The first-order valence-electron chi connectivity index (χ1n) is 6.82. The summed E-state index contributed by atoms with van der Waals surface area (Å²) in [7, 11) is 0. The number of halogens is 2. The molecule has 1 aliphatic rings. The first kappa shape index (κ1) is 16.2. The van der Waals surface area contributed by atoms with Crippen LogP contribution in [0.5, 0.6) is 0 Å². The van der Waals surface area contributed by atoms with E-state index >= 15 is 0 Å². The van der Waals surface area contributed by atoms with E-state index in [4.69, 9.17) is 23.2 Å². The third-order valence-corrected chi connectivity index (χ3v) is 5.05. The van der Waals surface area contributed by atoms with Crippen molar-refractivity contribution in [1.29, 1.82) is 0 Å². The summed E-state index contributed by atoms with van der Waals surface area (Å²) in [6, 6.07) is 14.4. The quantitative estimate of drug-likeness (QED) is 0.856. The van der Waals surface area contributed by atoms with E-state index in [9.17, 15) is 9.59 Å². The molecule has 4 nitrogen and oxygen atoms in total. The van der Waals surface area contributed by atoms with Crippen molar-refractivity contribution in [3.63, 3.8) is 0 Å². The lowest BCUT2D eigenvalue weighted by atomic mass is 10.2. The lowest BCUT2D eigenvalue weighted by Gasteiger charge is -2.15. The number of benzene rings is 2. The highest BCUT2D eigenvalue weighted by Crippen LogP contribution is 2.31. The van der Waals surface area contributed by atoms with Crippen LogP contribution in [-0.4, -0.2) is 21.4 Å². The molecule has 23 heavy (non-hydrogen) atoms. The summed E-state index contributed by atoms with van der Waals surface area (Å²) < 4.78 is 0. The summed E-state index contributed by atoms with van der Waals surface area (Å²) in [5.74, 6) is -0.269. The Bertz CT molecular complexity index is 755. The summed E-state index contributed by atoms with van der Waals surface area (Å²) in [5, 5.41) is 2.91. The maximum absolute atomic E-state index is 12.4. The first-order chi connectivity index (χ1) is 11.0. The van der Waals surface area contributed by atoms with E-state index in [2.05, 4.69) is 5.32 Å². The van der Waals surface area contributed by atoms with Gasteiger partial charge in [-0.25, -0.2) is 0 Å². The number of thioether (sulfide) groups is 1. The summed E-state index contributed by atoms with van der Waals surface area (Å²) >= 11 is 12.8. The Morgan fingerprint density at radius 3 is 2.48 bits per heavy atom. The first-order valence-corrected chi connectivity index (χ1v) is 8.45. The minimum absolute atomic E-state index is 0.267. The Labute approximate surface area is 147 Å². The number of hydrogen-bond donors (Lipinski definition) is 1. The maximum atomic E-state index is 12.4. The number of nitrogens with one attached hydrogen (secondary N) is 1. The molecule has 1 N–H and O–H groups in total. The van der Waals surface area contributed by atoms with Crippen LogP contribution in [-0.2, 0) is 11.3 Å². The van der Waals surface area contributed by atoms with Crippen molar-refractivity contribution < 1.29 is 9.59 Å². The lowest BCUT2D eigenvalue weighted by Crippen LogP contribution is -2.33. The Morgan fingerprint density at radius 1 is 1.04 bits per heavy atom. The summed E-state index contributed by atoms with van der Waals surface area (Å²) in [6.45, 7) is 0.269. The smallest absolute Gasteiger partial charge is 0.291 e. The minimum atomic E-state index is -0.663. The molecule has 2 amide bonds. The number of imide groups is 1. The zero-order valence-corrected chi connectivity index (χ0v) is 14.2. The van der Waals surface area contributed by atoms with Gasteiger partial charge in [0.15, 0.2) is 5.37 Å². The highest BCUT2D eigenvalue weighted by molar-refractivity contribution is 8.15. The predicted molar refractivity (Wildman–Crippen MR) is 93.9 cm³/mol. The predicted octanol–water partition coefficient (Wildman–Crippen LogP) is 4.63. The van der Waals surface area contributed by atoms with Crippen molar-refractivity contribution in [3.05, 3.63) is 64.1 Å². The van der Waals surface area contributed by atoms with Gasteiger partial charge in [0.1, 0.15) is 0 Å². The standard InChI is InChI=1S/C16H12Cl2N2O2S/c17-12-7-6-11(8-13(12)18)19-14-15(21)20(16(22)23-14)9-10-4-2-1-3-5-10/h1-8,14,19H,9H2. The molecule has 1 saturated heterocycles. The second-order valence-electron chi connectivity index (χ2n) is 4.95. The van der Waals surface area contributed by atoms with Crippen LogP contribution < -0.4 is 5.32 Å². The van der Waals surface area contributed by atoms with Crippen LogP contribution in [0.3, 0.4) is 0 Å². The fraction of sp³-hybridized carbons (Fsp3) is 0.125. The van der Waals surface area contributed by atoms with Crippen molar-refractivity contribution in [1.82, 2.24) is 4.90 Å². The van der Waals surface area contributed by atoms with Gasteiger partial charge >= 0.3 is 0 Å². The van der Waals surface area contributed by atoms with Crippen molar-refractivity contribution in [2.24, 2.45) is 0 Å². The molecule has 0 bridgehead atoms. The second kappa shape index (κ2) is 6.83. The molecular formula is C16H12Cl2N2O2S. The van der Waals surface area contributed by atoms with Crippen molar-refractivity contribution >= 4 is 51.8 Å². The van der Waals surface area contributed by atoms with E-state index in [1.165, 1.54) is 4.90 Å². The van der Waals surface area contributed by atoms with E-state index in [1.54, 1.807) is 18.2 Å². The van der Waals surface area contributed by atoms with Crippen LogP contribution in [0, 0.1) is 0 Å². The van der Waals surface area contributed by atoms with Crippen molar-refractivity contribution in [2.75, 3.05) is 5.32 Å². The molecule has 1 atom stereocenters. The monoisotopic (exact) mass is 366 g/mol. The Hall–Kier alpha value is -1.69. The highest BCUT2D eigenvalue weighted by atomic mass is 35.5. The normalized spacial score (nSPS) is 17.7. The largest absolute Gasteiger partial charge is 0.365 e. The second-order valence-corrected chi connectivity index (χ2v) is 6.82. The Morgan fingerprint density at radius 2 is 1.78 bits per heavy atom. The van der Waals surface area contributed by atoms with Gasteiger partial charge in [-0.05, 0) is 35.5 Å². The third-order valence-electron chi connectivity index (χ3n) is 3.33. The molecular weight excluding hydrogens is 355 g/mol. The lowest BCUT2D eigenvalue weighted by molar-refractivity contribution is -0.126. The van der Waals surface area contributed by atoms with Crippen LogP contribution in [0.25, 0.3) is 0 Å². The van der Waals surface area contributed by atoms with Crippen LogP contribution in [0.15, 0.2) is 48.5 Å². The molecule has 1 aliphatic heterocycles. The van der Waals surface area contributed by atoms with Crippen LogP contribution in [0.2, 0.25) is 10.0 Å². The molecule has 0 spiro atoms. The highest BCUT2D eigenvalue weighted by Gasteiger charge is 2.39. The molecule has 1 unspecified atom stereocenters. The average Bonchev–Trinajstić information content (AvgIpc) is 2.80. The molecule has 118 valence electrons. The van der Waals surface area contributed by atoms with E-state index in [-0.39, 0.29) is 17.7 Å². The zero-order chi connectivity index (χ0) is 16.4. The molecule has 0 radical (unpaired) electrons. The van der Waals surface area contributed by atoms with Gasteiger partial charge in [-0.3, -0.25) is 14.5 Å². The number of hydrogen-bond acceptors (Lipinski definition) is 4. The molecule has 0 saturated carbocycles. The fourth-order valence-electron chi connectivity index (χ4n) is 2.18. The number of nitrogens with zero attached hydrogens (tertiary/aromatic N) is 1. The third kappa shape index (κ3) is 3.63. The molecule has 3 rings (SSSR count). The van der Waals surface area contributed by atoms with Gasteiger partial charge in [-0.2, -0.15) is 0 Å². The molecule has 0 aromatic heterocycles. The molecule has 1 fully saturated rings. The Balaban J connectivity index is 1.72. The van der Waals surface area contributed by atoms with E-state index in [0.717, 1.165) is 17.3 Å². The topological polar surface area (TPSA) is 49.4 Å². The zero-order valence-electron chi connectivity index (χ0n) is 11.8. The maximum Gasteiger partial charge on any atom is 0.291 e. The van der Waals surface area contributed by atoms with Crippen LogP contribution in [0.4, 0.5) is 10.5 Å². The molecule has 7 heteroatoms. The summed E-state index contributed by atoms with van der Waals surface area (Å²) in [6.07, 6.45) is 0. The van der Waals surface area contributed by atoms with E-state index in [0.29, 0.717) is 15.7 Å². The van der Waals surface area contributed by atoms with Crippen LogP contribution >= 0.6 is 35.0 Å². The van der Waals surface area contributed by atoms with Gasteiger partial charge in [0.25, 0.3) is 11.1 Å². The number of carbonyl (C=O) groups is 2. The van der Waals surface area contributed by atoms with E-state index in [1.807, 2.05) is 30.3 Å². The van der Waals surface area contributed by atoms with Gasteiger partial charge in [0.2, 0.25) is 0 Å². The fourth-order valence-corrected chi connectivity index (χ4v) is 3.39. The van der Waals surface area contributed by atoms with Gasteiger partial charge in [0.05, 0.1) is 16.6 Å². The molecule has 1 heterocycles. The van der Waals surface area contributed by atoms with Gasteiger partial charge < -0.3 is 5.32 Å². The molecule has 2 aromatic carbocycles. The van der Waals surface area contributed by atoms with Crippen LogP contribution in [0.1, 0.15) is 5.56 Å². The summed E-state index contributed by atoms with van der Waals surface area (Å²) in [4.78, 5) is 25.8. The Kier molecular flexibility index (Phi) is 4.80. The van der Waals surface area contributed by atoms with E-state index < -0.39 is 5.37 Å². The number of carbonyl (C=O) groups excluding carboxylic acids is 2. The SMILES string of the molecule is O=C1SC(Nc2ccc(Cl)c(Cl)c2)C(=O)N1Cc1ccccc1. The van der Waals surface area contributed by atoms with Gasteiger partial charge in [-0.15, -0.1) is 0 Å².